The number of β-amino-alcohol motifs (C(OH)–C–C–N with tert-alkyl or cyclic N) is 1. The molecule has 0 radical (unpaired) electrons. The van der Waals surface area contributed by atoms with Crippen LogP contribution in [0.1, 0.15) is 76.8 Å². The summed E-state index contributed by atoms with van der Waals surface area (Å²) < 4.78 is 14.2. The molecule has 4 amide bonds. The zero-order valence-corrected chi connectivity index (χ0v) is 46.8. The molecule has 2 fully saturated rings. The summed E-state index contributed by atoms with van der Waals surface area (Å²) in [4.78, 5) is 68.9. The molecule has 3 aliphatic rings. The lowest BCUT2D eigenvalue weighted by molar-refractivity contribution is -0.155. The number of nitrogens with zero attached hydrogens (tertiary/aromatic N) is 6. The lowest BCUT2D eigenvalue weighted by Gasteiger charge is -2.37. The van der Waals surface area contributed by atoms with Gasteiger partial charge in [0, 0.05) is 91.8 Å². The summed E-state index contributed by atoms with van der Waals surface area (Å²) >= 11 is 1.40. The minimum atomic E-state index is -1.09. The molecule has 0 spiro atoms. The normalized spacial score (nSPS) is 20.9. The van der Waals surface area contributed by atoms with Crippen molar-refractivity contribution in [1.29, 1.82) is 0 Å². The standard InChI is InChI=1S/C45H61N9O7S.6H2S/c1-9-53-35-15-14-27-18-29(35)30(40(53)28-12-10-16-47-38(28)26(4)60-8)20-45(5,6)24-61-43(58)32-13-11-17-54(50-32)42(57)33(19-37-48-34(27)23-62-37)49-41(56)39(25(2)3)51(7)44(59)52-21-31(46)36(55)22-52;;;;;;/h10,12,14-16,18,23,25-26,31-33,36,39,50,55H,9,11,13,17,19-22,24,46H2,1-8H3,(H,49,56);6*1H2/t26-,31-,32-,33-,36-,39-;;;;;;/m0....../s1. The van der Waals surface area contributed by atoms with Gasteiger partial charge in [0.2, 0.25) is 5.91 Å². The minimum absolute atomic E-state index is 0. The second-order valence-corrected chi connectivity index (χ2v) is 18.9. The van der Waals surface area contributed by atoms with Crippen LogP contribution in [0.15, 0.2) is 41.9 Å². The van der Waals surface area contributed by atoms with Crippen LogP contribution >= 0.6 is 92.3 Å². The number of nitrogens with two attached hydrogens (primary N) is 1. The summed E-state index contributed by atoms with van der Waals surface area (Å²) in [6.07, 6.45) is 2.31. The number of carbonyl (C=O) groups is 4. The molecule has 5 N–H and O–H groups in total. The number of carbonyl (C=O) groups excluding carboxylic acids is 4. The number of cyclic esters (lactones) is 1. The molecule has 68 heavy (non-hydrogen) atoms. The van der Waals surface area contributed by atoms with E-state index < -0.39 is 59.5 Å². The quantitative estimate of drug-likeness (QED) is 0.174. The van der Waals surface area contributed by atoms with Gasteiger partial charge >= 0.3 is 12.0 Å². The Hall–Kier alpha value is -2.84. The number of pyridine rings is 1. The molecule has 2 saturated heterocycles. The topological polar surface area (TPSA) is 197 Å². The van der Waals surface area contributed by atoms with Gasteiger partial charge in [-0.25, -0.2) is 15.2 Å². The number of aliphatic hydroxyl groups excluding tert-OH is 1. The highest BCUT2D eigenvalue weighted by Gasteiger charge is 2.40. The summed E-state index contributed by atoms with van der Waals surface area (Å²) in [6, 6.07) is 6.52. The van der Waals surface area contributed by atoms with E-state index in [4.69, 9.17) is 25.2 Å². The van der Waals surface area contributed by atoms with Gasteiger partial charge in [0.1, 0.15) is 18.1 Å². The Bertz CT molecular complexity index is 2320. The maximum absolute atomic E-state index is 14.5. The van der Waals surface area contributed by atoms with Crippen LogP contribution in [0.4, 0.5) is 4.79 Å². The largest absolute Gasteiger partial charge is 0.464 e. The molecule has 6 bridgehead atoms. The molecular weight excluding hydrogens is 1000 g/mol. The molecule has 4 aromatic rings. The highest BCUT2D eigenvalue weighted by atomic mass is 32.1. The molecule has 3 aliphatic heterocycles. The second-order valence-electron chi connectivity index (χ2n) is 18.0. The number of methoxy groups -OCH3 is 1. The van der Waals surface area contributed by atoms with Crippen molar-refractivity contribution in [3.05, 3.63) is 58.2 Å². The third-order valence-corrected chi connectivity index (χ3v) is 13.2. The van der Waals surface area contributed by atoms with E-state index in [9.17, 15) is 24.3 Å². The molecule has 23 heteroatoms. The van der Waals surface area contributed by atoms with Crippen molar-refractivity contribution in [3.8, 4) is 22.5 Å². The number of nitrogens with one attached hydrogen (secondary N) is 2. The number of likely N-dealkylation sites (N-methyl/N-ethyl adjacent to an activating group) is 1. The van der Waals surface area contributed by atoms with Crippen LogP contribution in [0, 0.1) is 11.3 Å². The first kappa shape index (κ1) is 63.2. The van der Waals surface area contributed by atoms with E-state index in [1.54, 1.807) is 20.4 Å². The number of likely N-dealkylation sites (tertiary alicyclic amines) is 1. The van der Waals surface area contributed by atoms with Crippen molar-refractivity contribution < 1.29 is 33.8 Å². The minimum Gasteiger partial charge on any atom is -0.464 e. The van der Waals surface area contributed by atoms with Gasteiger partial charge in [-0.3, -0.25) is 24.4 Å². The fraction of sp³-hybridized carbons (Fsp3) is 0.556. The van der Waals surface area contributed by atoms with Gasteiger partial charge in [-0.15, -0.1) is 11.3 Å². The smallest absolute Gasteiger partial charge is 0.324 e. The number of rotatable bonds is 8. The molecule has 3 aromatic heterocycles. The number of urea groups is 1. The van der Waals surface area contributed by atoms with Gasteiger partial charge < -0.3 is 40.0 Å². The number of aromatic nitrogens is 3. The molecule has 6 atom stereocenters. The number of fused-ring (bicyclic) bond motifs is 6. The first-order chi connectivity index (χ1) is 29.5. The van der Waals surface area contributed by atoms with E-state index in [2.05, 4.69) is 60.3 Å². The Morgan fingerprint density at radius 3 is 2.44 bits per heavy atom. The maximum atomic E-state index is 14.5. The average Bonchev–Trinajstić information content (AvgIpc) is 3.95. The van der Waals surface area contributed by atoms with E-state index in [1.807, 2.05) is 32.2 Å². The third-order valence-electron chi connectivity index (χ3n) is 12.4. The maximum Gasteiger partial charge on any atom is 0.324 e. The van der Waals surface area contributed by atoms with Crippen molar-refractivity contribution in [2.24, 2.45) is 17.1 Å². The number of hydrogen-bond acceptors (Lipinski definition) is 12. The van der Waals surface area contributed by atoms with E-state index in [1.165, 1.54) is 26.1 Å². The predicted octanol–water partition coefficient (Wildman–Crippen LogP) is 4.96. The summed E-state index contributed by atoms with van der Waals surface area (Å²) in [5, 5.41) is 18.3. The lowest BCUT2D eigenvalue weighted by Crippen LogP contribution is -2.62. The Balaban J connectivity index is 0.00000385. The van der Waals surface area contributed by atoms with Gasteiger partial charge in [0.25, 0.3) is 5.91 Å². The van der Waals surface area contributed by atoms with Crippen molar-refractivity contribution in [1.82, 2.24) is 40.1 Å². The van der Waals surface area contributed by atoms with Crippen molar-refractivity contribution in [3.63, 3.8) is 0 Å². The Morgan fingerprint density at radius 1 is 1.10 bits per heavy atom. The fourth-order valence-corrected chi connectivity index (χ4v) is 9.91. The Kier molecular flexibility index (Phi) is 24.7. The van der Waals surface area contributed by atoms with Crippen LogP contribution in [-0.2, 0) is 43.2 Å². The number of amides is 4. The van der Waals surface area contributed by atoms with E-state index >= 15 is 0 Å². The second kappa shape index (κ2) is 26.6. The van der Waals surface area contributed by atoms with Crippen molar-refractivity contribution >= 4 is 127 Å². The molecule has 1 aromatic carbocycles. The number of esters is 1. The van der Waals surface area contributed by atoms with Crippen LogP contribution in [0.2, 0.25) is 0 Å². The van der Waals surface area contributed by atoms with Gasteiger partial charge in [0.05, 0.1) is 40.9 Å². The zero-order chi connectivity index (χ0) is 44.6. The van der Waals surface area contributed by atoms with Crippen LogP contribution in [0.3, 0.4) is 0 Å². The van der Waals surface area contributed by atoms with E-state index in [0.29, 0.717) is 37.4 Å². The van der Waals surface area contributed by atoms with E-state index in [0.717, 1.165) is 44.7 Å². The first-order valence-corrected chi connectivity index (χ1v) is 22.5. The number of hydrazine groups is 1. The number of aliphatic hydroxyl groups is 1. The SMILES string of the molecule is CCn1c(-c2cccnc2[C@H](C)OC)c2c3cc(ccc31)-c1csc(n1)C[C@H](NC(=O)[C@H](C(C)C)N(C)C(=O)N1C[C@H](N)[C@@H](O)C1)C(=O)N1CCC[C@H](N1)C(=O)OCC(C)(C)C2.S.S.S.S.S.S. The third kappa shape index (κ3) is 13.4. The molecule has 7 rings (SSSR count). The van der Waals surface area contributed by atoms with Crippen LogP contribution in [0.5, 0.6) is 0 Å². The number of hydrogen-bond donors (Lipinski definition) is 4. The van der Waals surface area contributed by atoms with Gasteiger partial charge in [0.15, 0.2) is 0 Å². The molecular formula is C45H73N9O7S7. The number of aryl methyl sites for hydroxylation is 1. The molecule has 16 nitrogen and oxygen atoms in total. The van der Waals surface area contributed by atoms with Crippen molar-refractivity contribution in [2.75, 3.05) is 40.4 Å². The average molecular weight is 1080 g/mol. The van der Waals surface area contributed by atoms with Crippen molar-refractivity contribution in [2.45, 2.75) is 110 Å². The Morgan fingerprint density at radius 2 is 1.81 bits per heavy atom. The molecule has 6 heterocycles. The number of ether oxygens (including phenoxy) is 2. The van der Waals surface area contributed by atoms with Crippen LogP contribution < -0.4 is 16.5 Å². The summed E-state index contributed by atoms with van der Waals surface area (Å²) in [6.45, 7) is 13.3. The van der Waals surface area contributed by atoms with Gasteiger partial charge in [-0.05, 0) is 68.9 Å². The summed E-state index contributed by atoms with van der Waals surface area (Å²) in [5.74, 6) is -1.75. The first-order valence-electron chi connectivity index (χ1n) is 21.6. The summed E-state index contributed by atoms with van der Waals surface area (Å²) in [5.41, 5.74) is 15.2. The molecule has 0 aliphatic carbocycles. The van der Waals surface area contributed by atoms with Crippen LogP contribution in [0.25, 0.3) is 33.4 Å². The van der Waals surface area contributed by atoms with Gasteiger partial charge in [-0.1, -0.05) is 33.8 Å². The number of thiazole rings is 1. The Labute approximate surface area is 446 Å². The fourth-order valence-electron chi connectivity index (χ4n) is 9.06. The summed E-state index contributed by atoms with van der Waals surface area (Å²) in [7, 11) is 3.22. The predicted molar refractivity (Wildman–Crippen MR) is 299 cm³/mol. The van der Waals surface area contributed by atoms with E-state index in [-0.39, 0.29) is 119 Å². The zero-order valence-electron chi connectivity index (χ0n) is 40.0. The van der Waals surface area contributed by atoms with Gasteiger partial charge in [-0.2, -0.15) is 81.0 Å². The highest BCUT2D eigenvalue weighted by molar-refractivity contribution is 7.60. The molecule has 0 unspecified atom stereocenters. The highest BCUT2D eigenvalue weighted by Crippen LogP contribution is 2.42. The molecule has 0 saturated carbocycles. The monoisotopic (exact) mass is 1080 g/mol. The van der Waals surface area contributed by atoms with Crippen LogP contribution in [-0.4, -0.2) is 129 Å². The molecule has 382 valence electrons. The number of benzene rings is 1. The lowest BCUT2D eigenvalue weighted by atomic mass is 9.84.